The molecule has 4 nitrogen and oxygen atoms in total. The van der Waals surface area contributed by atoms with Crippen molar-refractivity contribution < 1.29 is 0 Å². The van der Waals surface area contributed by atoms with Crippen LogP contribution in [0.15, 0.2) is 41.5 Å². The summed E-state index contributed by atoms with van der Waals surface area (Å²) >= 11 is 3.46. The Hall–Kier alpha value is -1.88. The number of nitrogens with zero attached hydrogens (tertiary/aromatic N) is 3. The molecule has 5 heteroatoms. The van der Waals surface area contributed by atoms with Gasteiger partial charge in [0, 0.05) is 5.69 Å². The van der Waals surface area contributed by atoms with Crippen molar-refractivity contribution in [3.63, 3.8) is 0 Å². The second kappa shape index (κ2) is 4.66. The van der Waals surface area contributed by atoms with Crippen LogP contribution in [0.1, 0.15) is 11.1 Å². The standard InChI is InChI=1S/C14H13BrN4/c1-9-4-3-5-10(2)13(9)18-14-11-6-16-8-19(11)12(15)7-17-14/h3-8H,1-2H3,(H,17,18). The van der Waals surface area contributed by atoms with E-state index in [1.54, 1.807) is 18.7 Å². The van der Waals surface area contributed by atoms with Crippen LogP contribution in [0.3, 0.4) is 0 Å². The predicted octanol–water partition coefficient (Wildman–Crippen LogP) is 3.85. The first-order chi connectivity index (χ1) is 9.16. The Kier molecular flexibility index (Phi) is 2.98. The van der Waals surface area contributed by atoms with E-state index in [1.807, 2.05) is 4.40 Å². The molecule has 0 saturated heterocycles. The van der Waals surface area contributed by atoms with Gasteiger partial charge in [0.15, 0.2) is 5.82 Å². The number of benzene rings is 1. The second-order valence-electron chi connectivity index (χ2n) is 4.47. The number of nitrogens with one attached hydrogen (secondary N) is 1. The van der Waals surface area contributed by atoms with Crippen molar-refractivity contribution in [3.8, 4) is 0 Å². The summed E-state index contributed by atoms with van der Waals surface area (Å²) in [7, 11) is 0. The molecule has 1 aromatic carbocycles. The molecular formula is C14H13BrN4. The van der Waals surface area contributed by atoms with E-state index < -0.39 is 0 Å². The molecule has 0 aliphatic rings. The summed E-state index contributed by atoms with van der Waals surface area (Å²) in [6.07, 6.45) is 5.33. The Morgan fingerprint density at radius 1 is 1.16 bits per heavy atom. The number of hydrogen-bond donors (Lipinski definition) is 1. The van der Waals surface area contributed by atoms with Gasteiger partial charge in [-0.3, -0.25) is 4.40 Å². The normalized spacial score (nSPS) is 10.9. The maximum atomic E-state index is 4.44. The van der Waals surface area contributed by atoms with Gasteiger partial charge in [-0.05, 0) is 40.9 Å². The molecule has 0 atom stereocenters. The van der Waals surface area contributed by atoms with Gasteiger partial charge in [-0.1, -0.05) is 18.2 Å². The molecule has 3 rings (SSSR count). The lowest BCUT2D eigenvalue weighted by Gasteiger charge is -2.13. The number of para-hydroxylation sites is 1. The van der Waals surface area contributed by atoms with Gasteiger partial charge in [-0.15, -0.1) is 0 Å². The third kappa shape index (κ3) is 2.10. The first-order valence-corrected chi connectivity index (χ1v) is 6.76. The molecule has 1 N–H and O–H groups in total. The summed E-state index contributed by atoms with van der Waals surface area (Å²) in [4.78, 5) is 8.60. The average Bonchev–Trinajstić information content (AvgIpc) is 2.87. The number of hydrogen-bond acceptors (Lipinski definition) is 3. The zero-order chi connectivity index (χ0) is 13.4. The quantitative estimate of drug-likeness (QED) is 0.780. The molecule has 2 heterocycles. The van der Waals surface area contributed by atoms with E-state index in [9.17, 15) is 0 Å². The molecule has 2 aromatic heterocycles. The number of fused-ring (bicyclic) bond motifs is 1. The minimum absolute atomic E-state index is 0.804. The van der Waals surface area contributed by atoms with Gasteiger partial charge in [-0.25, -0.2) is 9.97 Å². The number of halogens is 1. The van der Waals surface area contributed by atoms with Crippen molar-refractivity contribution in [1.82, 2.24) is 14.4 Å². The summed E-state index contributed by atoms with van der Waals surface area (Å²) in [6, 6.07) is 6.23. The van der Waals surface area contributed by atoms with Crippen LogP contribution in [0, 0.1) is 13.8 Å². The molecule has 0 amide bonds. The minimum atomic E-state index is 0.804. The molecule has 0 aliphatic heterocycles. The highest BCUT2D eigenvalue weighted by atomic mass is 79.9. The van der Waals surface area contributed by atoms with Gasteiger partial charge < -0.3 is 5.32 Å². The monoisotopic (exact) mass is 316 g/mol. The molecule has 0 spiro atoms. The van der Waals surface area contributed by atoms with Gasteiger partial charge in [-0.2, -0.15) is 0 Å². The van der Waals surface area contributed by atoms with E-state index in [2.05, 4.69) is 63.3 Å². The fraction of sp³-hybridized carbons (Fsp3) is 0.143. The Morgan fingerprint density at radius 2 is 1.89 bits per heavy atom. The van der Waals surface area contributed by atoms with Crippen molar-refractivity contribution in [1.29, 1.82) is 0 Å². The molecule has 3 aromatic rings. The lowest BCUT2D eigenvalue weighted by atomic mass is 10.1. The second-order valence-corrected chi connectivity index (χ2v) is 5.28. The van der Waals surface area contributed by atoms with Gasteiger partial charge >= 0.3 is 0 Å². The summed E-state index contributed by atoms with van der Waals surface area (Å²) in [5.41, 5.74) is 4.43. The van der Waals surface area contributed by atoms with Crippen LogP contribution in [-0.2, 0) is 0 Å². The van der Waals surface area contributed by atoms with Gasteiger partial charge in [0.05, 0.1) is 12.4 Å². The van der Waals surface area contributed by atoms with Crippen LogP contribution in [0.25, 0.3) is 5.52 Å². The van der Waals surface area contributed by atoms with Crippen LogP contribution < -0.4 is 5.32 Å². The molecular weight excluding hydrogens is 304 g/mol. The number of imidazole rings is 1. The van der Waals surface area contributed by atoms with Gasteiger partial charge in [0.1, 0.15) is 16.4 Å². The van der Waals surface area contributed by atoms with E-state index in [4.69, 9.17) is 0 Å². The molecule has 0 radical (unpaired) electrons. The van der Waals surface area contributed by atoms with E-state index in [1.165, 1.54) is 11.1 Å². The zero-order valence-corrected chi connectivity index (χ0v) is 12.3. The Labute approximate surface area is 119 Å². The minimum Gasteiger partial charge on any atom is -0.338 e. The highest BCUT2D eigenvalue weighted by Gasteiger charge is 2.09. The van der Waals surface area contributed by atoms with Crippen LogP contribution in [0.4, 0.5) is 11.5 Å². The van der Waals surface area contributed by atoms with Crippen molar-refractivity contribution >= 4 is 33.0 Å². The first-order valence-electron chi connectivity index (χ1n) is 5.96. The first kappa shape index (κ1) is 12.2. The van der Waals surface area contributed by atoms with Crippen LogP contribution in [0.5, 0.6) is 0 Å². The van der Waals surface area contributed by atoms with Crippen LogP contribution in [0.2, 0.25) is 0 Å². The van der Waals surface area contributed by atoms with Crippen LogP contribution in [-0.4, -0.2) is 14.4 Å². The predicted molar refractivity (Wildman–Crippen MR) is 79.9 cm³/mol. The number of aryl methyl sites for hydroxylation is 2. The third-order valence-electron chi connectivity index (χ3n) is 3.14. The van der Waals surface area contributed by atoms with E-state index >= 15 is 0 Å². The molecule has 96 valence electrons. The number of rotatable bonds is 2. The fourth-order valence-corrected chi connectivity index (χ4v) is 2.50. The summed E-state index contributed by atoms with van der Waals surface area (Å²) < 4.78 is 2.83. The largest absolute Gasteiger partial charge is 0.338 e. The van der Waals surface area contributed by atoms with Gasteiger partial charge in [0.25, 0.3) is 0 Å². The molecule has 0 saturated carbocycles. The number of anilines is 2. The van der Waals surface area contributed by atoms with Gasteiger partial charge in [0.2, 0.25) is 0 Å². The molecule has 19 heavy (non-hydrogen) atoms. The topological polar surface area (TPSA) is 42.2 Å². The van der Waals surface area contributed by atoms with E-state index in [-0.39, 0.29) is 0 Å². The van der Waals surface area contributed by atoms with Crippen molar-refractivity contribution in [2.75, 3.05) is 5.32 Å². The molecule has 0 fully saturated rings. The third-order valence-corrected chi connectivity index (χ3v) is 3.72. The molecule has 0 aliphatic carbocycles. The summed E-state index contributed by atoms with van der Waals surface area (Å²) in [5, 5.41) is 3.40. The number of aromatic nitrogens is 3. The Morgan fingerprint density at radius 3 is 2.63 bits per heavy atom. The smallest absolute Gasteiger partial charge is 0.156 e. The van der Waals surface area contributed by atoms with E-state index in [0.29, 0.717) is 0 Å². The van der Waals surface area contributed by atoms with E-state index in [0.717, 1.165) is 21.6 Å². The zero-order valence-electron chi connectivity index (χ0n) is 10.7. The molecule has 0 unspecified atom stereocenters. The maximum absolute atomic E-state index is 4.44. The fourth-order valence-electron chi connectivity index (χ4n) is 2.11. The van der Waals surface area contributed by atoms with Crippen LogP contribution >= 0.6 is 15.9 Å². The summed E-state index contributed by atoms with van der Waals surface area (Å²) in [5.74, 6) is 0.804. The summed E-state index contributed by atoms with van der Waals surface area (Å²) in [6.45, 7) is 4.17. The lowest BCUT2D eigenvalue weighted by molar-refractivity contribution is 1.08. The van der Waals surface area contributed by atoms with Crippen molar-refractivity contribution in [3.05, 3.63) is 52.7 Å². The highest BCUT2D eigenvalue weighted by Crippen LogP contribution is 2.26. The highest BCUT2D eigenvalue weighted by molar-refractivity contribution is 9.10. The maximum Gasteiger partial charge on any atom is 0.156 e. The lowest BCUT2D eigenvalue weighted by Crippen LogP contribution is -2.01. The SMILES string of the molecule is Cc1cccc(C)c1Nc1ncc(Br)n2cncc12. The average molecular weight is 317 g/mol. The van der Waals surface area contributed by atoms with Crippen molar-refractivity contribution in [2.45, 2.75) is 13.8 Å². The Balaban J connectivity index is 2.11. The van der Waals surface area contributed by atoms with Crippen molar-refractivity contribution in [2.24, 2.45) is 0 Å². The Bertz CT molecular complexity index is 728. The molecule has 0 bridgehead atoms.